The molecule has 3 aromatic rings. The summed E-state index contributed by atoms with van der Waals surface area (Å²) >= 11 is 0. The van der Waals surface area contributed by atoms with Gasteiger partial charge in [-0.3, -0.25) is 0 Å². The molecule has 0 aliphatic rings. The maximum Gasteiger partial charge on any atom is 0.0776 e. The van der Waals surface area contributed by atoms with Crippen LogP contribution in [0.15, 0.2) is 42.5 Å². The lowest BCUT2D eigenvalue weighted by Gasteiger charge is -2.16. The molecule has 3 rings (SSSR count). The molecule has 2 heteroatoms. The van der Waals surface area contributed by atoms with Gasteiger partial charge in [0.25, 0.3) is 0 Å². The maximum atomic E-state index is 2.43. The summed E-state index contributed by atoms with van der Waals surface area (Å²) in [7, 11) is -1.25. The molecule has 0 atom stereocenters. The van der Waals surface area contributed by atoms with Crippen LogP contribution in [0.4, 0.5) is 0 Å². The van der Waals surface area contributed by atoms with E-state index in [-0.39, 0.29) is 0 Å². The highest BCUT2D eigenvalue weighted by molar-refractivity contribution is 6.88. The number of rotatable bonds is 2. The minimum absolute atomic E-state index is 1.02. The molecule has 2 aromatic carbocycles. The fourth-order valence-electron chi connectivity index (χ4n) is 2.86. The molecule has 0 aliphatic carbocycles. The van der Waals surface area contributed by atoms with Gasteiger partial charge in [-0.25, -0.2) is 0 Å². The summed E-state index contributed by atoms with van der Waals surface area (Å²) in [4.78, 5) is 0. The smallest absolute Gasteiger partial charge is 0.0776 e. The van der Waals surface area contributed by atoms with Crippen molar-refractivity contribution in [2.45, 2.75) is 33.1 Å². The van der Waals surface area contributed by atoms with Gasteiger partial charge < -0.3 is 4.57 Å². The van der Waals surface area contributed by atoms with Crippen LogP contribution in [-0.4, -0.2) is 12.6 Å². The summed E-state index contributed by atoms with van der Waals surface area (Å²) in [6.07, 6.45) is 0. The van der Waals surface area contributed by atoms with Gasteiger partial charge >= 0.3 is 0 Å². The lowest BCUT2D eigenvalue weighted by Crippen LogP contribution is -2.37. The second-order valence-electron chi connectivity index (χ2n) is 6.24. The fraction of sp³-hybridized carbons (Fsp3) is 0.294. The van der Waals surface area contributed by atoms with Crippen LogP contribution in [0.25, 0.3) is 21.8 Å². The van der Waals surface area contributed by atoms with Gasteiger partial charge in [0.2, 0.25) is 0 Å². The third-order valence-corrected chi connectivity index (χ3v) is 6.00. The second kappa shape index (κ2) is 4.24. The lowest BCUT2D eigenvalue weighted by molar-refractivity contribution is 0.827. The molecule has 0 spiro atoms. The van der Waals surface area contributed by atoms with E-state index in [1.54, 1.807) is 5.19 Å². The Morgan fingerprint density at radius 3 is 2.26 bits per heavy atom. The molecule has 0 fully saturated rings. The average Bonchev–Trinajstić information content (AvgIpc) is 2.70. The number of hydrogen-bond acceptors (Lipinski definition) is 0. The van der Waals surface area contributed by atoms with Crippen LogP contribution in [-0.2, 0) is 6.54 Å². The maximum absolute atomic E-state index is 2.43. The van der Waals surface area contributed by atoms with E-state index in [0.29, 0.717) is 0 Å². The van der Waals surface area contributed by atoms with Crippen molar-refractivity contribution in [2.75, 3.05) is 0 Å². The number of benzene rings is 2. The van der Waals surface area contributed by atoms with E-state index in [1.165, 1.54) is 21.8 Å². The van der Waals surface area contributed by atoms with Crippen molar-refractivity contribution in [1.82, 2.24) is 4.57 Å². The van der Waals surface area contributed by atoms with Crippen molar-refractivity contribution < 1.29 is 0 Å². The zero-order valence-corrected chi connectivity index (χ0v) is 13.2. The first-order valence-electron chi connectivity index (χ1n) is 7.04. The first-order valence-corrected chi connectivity index (χ1v) is 10.5. The van der Waals surface area contributed by atoms with Gasteiger partial charge in [0.1, 0.15) is 0 Å². The van der Waals surface area contributed by atoms with Crippen LogP contribution in [0.1, 0.15) is 6.92 Å². The third kappa shape index (κ3) is 1.91. The van der Waals surface area contributed by atoms with Crippen molar-refractivity contribution in [2.24, 2.45) is 0 Å². The van der Waals surface area contributed by atoms with Crippen LogP contribution in [0.2, 0.25) is 19.6 Å². The van der Waals surface area contributed by atoms with E-state index in [1.807, 2.05) is 0 Å². The van der Waals surface area contributed by atoms with Crippen molar-refractivity contribution in [3.8, 4) is 0 Å². The molecule has 1 aromatic heterocycles. The van der Waals surface area contributed by atoms with Gasteiger partial charge in [0.05, 0.1) is 8.07 Å². The molecule has 0 amide bonds. The number of aryl methyl sites for hydroxylation is 1. The molecule has 0 saturated carbocycles. The van der Waals surface area contributed by atoms with Gasteiger partial charge in [-0.05, 0) is 19.1 Å². The average molecular weight is 267 g/mol. The monoisotopic (exact) mass is 267 g/mol. The summed E-state index contributed by atoms with van der Waals surface area (Å²) < 4.78 is 2.42. The molecule has 0 unspecified atom stereocenters. The summed E-state index contributed by atoms with van der Waals surface area (Å²) in [5.41, 5.74) is 2.72. The Hall–Kier alpha value is -1.54. The van der Waals surface area contributed by atoms with Gasteiger partial charge in [0, 0.05) is 28.4 Å². The van der Waals surface area contributed by atoms with Crippen molar-refractivity contribution in [3.05, 3.63) is 42.5 Å². The predicted molar refractivity (Wildman–Crippen MR) is 88.1 cm³/mol. The normalized spacial score (nSPS) is 12.4. The Morgan fingerprint density at radius 2 is 1.58 bits per heavy atom. The molecule has 0 bridgehead atoms. The van der Waals surface area contributed by atoms with Crippen molar-refractivity contribution >= 4 is 35.1 Å². The summed E-state index contributed by atoms with van der Waals surface area (Å²) in [5.74, 6) is 0. The number of hydrogen-bond donors (Lipinski definition) is 0. The molecular weight excluding hydrogens is 246 g/mol. The number of aromatic nitrogens is 1. The van der Waals surface area contributed by atoms with Gasteiger partial charge in [-0.15, -0.1) is 0 Å². The minimum atomic E-state index is -1.25. The Labute approximate surface area is 115 Å². The van der Waals surface area contributed by atoms with Gasteiger partial charge in [-0.2, -0.15) is 0 Å². The summed E-state index contributed by atoms with van der Waals surface area (Å²) in [5, 5.41) is 4.34. The Kier molecular flexibility index (Phi) is 2.79. The Bertz CT molecular complexity index is 747. The molecule has 0 aliphatic heterocycles. The Morgan fingerprint density at radius 1 is 0.895 bits per heavy atom. The van der Waals surface area contributed by atoms with E-state index < -0.39 is 8.07 Å². The first-order chi connectivity index (χ1) is 9.02. The predicted octanol–water partition coefficient (Wildman–Crippen LogP) is 4.36. The number of fused-ring (bicyclic) bond motifs is 3. The molecule has 1 heterocycles. The number of para-hydroxylation sites is 1. The Balaban J connectivity index is 2.43. The lowest BCUT2D eigenvalue weighted by atomic mass is 10.1. The van der Waals surface area contributed by atoms with E-state index in [4.69, 9.17) is 0 Å². The zero-order valence-electron chi connectivity index (χ0n) is 12.2. The molecule has 98 valence electrons. The molecule has 0 N–H and O–H groups in total. The standard InChI is InChI=1S/C17H21NSi/c1-5-18-16-9-7-6-8-14(16)15-12-13(19(2,3)4)10-11-17(15)18/h6-12H,5H2,1-4H3. The van der Waals surface area contributed by atoms with Crippen molar-refractivity contribution in [1.29, 1.82) is 0 Å². The number of nitrogens with zero attached hydrogens (tertiary/aromatic N) is 1. The zero-order chi connectivity index (χ0) is 13.6. The van der Waals surface area contributed by atoms with Gasteiger partial charge in [-0.1, -0.05) is 55.2 Å². The highest BCUT2D eigenvalue weighted by Gasteiger charge is 2.18. The quantitative estimate of drug-likeness (QED) is 0.608. The minimum Gasteiger partial charge on any atom is -0.341 e. The first kappa shape index (κ1) is 12.5. The molecule has 0 saturated heterocycles. The topological polar surface area (TPSA) is 4.93 Å². The van der Waals surface area contributed by atoms with E-state index in [0.717, 1.165) is 6.54 Å². The molecule has 0 radical (unpaired) electrons. The highest BCUT2D eigenvalue weighted by atomic mass is 28.3. The molecule has 1 nitrogen and oxygen atoms in total. The largest absolute Gasteiger partial charge is 0.341 e. The van der Waals surface area contributed by atoms with Gasteiger partial charge in [0.15, 0.2) is 0 Å². The van der Waals surface area contributed by atoms with Crippen LogP contribution >= 0.6 is 0 Å². The van der Waals surface area contributed by atoms with Crippen LogP contribution in [0, 0.1) is 0 Å². The molecular formula is C17H21NSi. The third-order valence-electron chi connectivity index (χ3n) is 3.95. The van der Waals surface area contributed by atoms with E-state index >= 15 is 0 Å². The summed E-state index contributed by atoms with van der Waals surface area (Å²) in [6, 6.07) is 15.8. The summed E-state index contributed by atoms with van der Waals surface area (Å²) in [6.45, 7) is 10.5. The van der Waals surface area contributed by atoms with E-state index in [9.17, 15) is 0 Å². The van der Waals surface area contributed by atoms with Crippen molar-refractivity contribution in [3.63, 3.8) is 0 Å². The second-order valence-corrected chi connectivity index (χ2v) is 11.3. The van der Waals surface area contributed by atoms with Crippen LogP contribution in [0.5, 0.6) is 0 Å². The van der Waals surface area contributed by atoms with E-state index in [2.05, 4.69) is 73.6 Å². The highest BCUT2D eigenvalue weighted by Crippen LogP contribution is 2.28. The SMILES string of the molecule is CCn1c2ccccc2c2cc([Si](C)(C)C)ccc21. The van der Waals surface area contributed by atoms with Crippen LogP contribution < -0.4 is 5.19 Å². The molecule has 19 heavy (non-hydrogen) atoms. The fourth-order valence-corrected chi connectivity index (χ4v) is 4.02. The van der Waals surface area contributed by atoms with Crippen LogP contribution in [0.3, 0.4) is 0 Å².